The van der Waals surface area contributed by atoms with Crippen molar-refractivity contribution >= 4 is 17.3 Å². The van der Waals surface area contributed by atoms with Gasteiger partial charge >= 0.3 is 0 Å². The van der Waals surface area contributed by atoms with Gasteiger partial charge in [-0.1, -0.05) is 12.8 Å². The van der Waals surface area contributed by atoms with Gasteiger partial charge in [-0.3, -0.25) is 9.48 Å². The maximum absolute atomic E-state index is 12.8. The average molecular weight is 349 g/mol. The van der Waals surface area contributed by atoms with E-state index in [2.05, 4.69) is 28.1 Å². The summed E-state index contributed by atoms with van der Waals surface area (Å²) < 4.78 is 2.12. The van der Waals surface area contributed by atoms with Gasteiger partial charge in [0.05, 0.1) is 35.3 Å². The third-order valence-corrected chi connectivity index (χ3v) is 5.56. The summed E-state index contributed by atoms with van der Waals surface area (Å²) in [6.45, 7) is 2.75. The van der Waals surface area contributed by atoms with Crippen molar-refractivity contribution in [2.75, 3.05) is 16.8 Å². The normalized spacial score (nSPS) is 20.5. The fourth-order valence-electron chi connectivity index (χ4n) is 4.06. The summed E-state index contributed by atoms with van der Waals surface area (Å²) in [6.07, 6.45) is 7.53. The molecule has 1 atom stereocenters. The summed E-state index contributed by atoms with van der Waals surface area (Å²) in [4.78, 5) is 14.6. The Labute approximate surface area is 153 Å². The Morgan fingerprint density at radius 1 is 1.19 bits per heavy atom. The summed E-state index contributed by atoms with van der Waals surface area (Å²) >= 11 is 0. The van der Waals surface area contributed by atoms with Crippen LogP contribution in [0.15, 0.2) is 30.5 Å². The molecule has 1 N–H and O–H groups in total. The predicted molar refractivity (Wildman–Crippen MR) is 100 cm³/mol. The molecule has 26 heavy (non-hydrogen) atoms. The Kier molecular flexibility index (Phi) is 4.37. The molecular weight excluding hydrogens is 326 g/mol. The number of hydrogen-bond acceptors (Lipinski definition) is 4. The average Bonchev–Trinajstić information content (AvgIpc) is 3.38. The van der Waals surface area contributed by atoms with Crippen molar-refractivity contribution in [2.45, 2.75) is 51.1 Å². The lowest BCUT2D eigenvalue weighted by Crippen LogP contribution is -2.33. The van der Waals surface area contributed by atoms with Crippen LogP contribution in [-0.4, -0.2) is 28.3 Å². The zero-order valence-electron chi connectivity index (χ0n) is 15.0. The first-order valence-corrected chi connectivity index (χ1v) is 9.29. The molecule has 6 nitrogen and oxygen atoms in total. The second-order valence-electron chi connectivity index (χ2n) is 7.16. The first kappa shape index (κ1) is 16.6. The highest BCUT2D eigenvalue weighted by Gasteiger charge is 2.33. The van der Waals surface area contributed by atoms with Crippen molar-refractivity contribution in [1.82, 2.24) is 9.78 Å². The van der Waals surface area contributed by atoms with Crippen molar-refractivity contribution in [1.29, 1.82) is 5.26 Å². The van der Waals surface area contributed by atoms with Crippen LogP contribution in [0.3, 0.4) is 0 Å². The smallest absolute Gasteiger partial charge is 0.249 e. The molecule has 0 radical (unpaired) electrons. The van der Waals surface area contributed by atoms with Crippen molar-refractivity contribution in [3.05, 3.63) is 41.7 Å². The Morgan fingerprint density at radius 2 is 1.92 bits per heavy atom. The van der Waals surface area contributed by atoms with Crippen LogP contribution < -0.4 is 10.2 Å². The molecule has 1 aromatic carbocycles. The van der Waals surface area contributed by atoms with Gasteiger partial charge in [-0.15, -0.1) is 0 Å². The molecule has 1 saturated carbocycles. The fraction of sp³-hybridized carbons (Fsp3) is 0.450. The standard InChI is InChI=1S/C20H23N5O/c1-14-19(13-22-25(14)17-4-2-3-5-17)23-18-10-11-24(20(18)26)16-8-6-15(12-21)7-9-16/h6-9,13,17-18,23H,2-5,10-11H2,1H3/t18-/m0/s1. The van der Waals surface area contributed by atoms with Gasteiger partial charge in [0.25, 0.3) is 0 Å². The van der Waals surface area contributed by atoms with Crippen molar-refractivity contribution < 1.29 is 4.79 Å². The molecule has 2 fully saturated rings. The molecule has 6 heteroatoms. The van der Waals surface area contributed by atoms with E-state index in [1.54, 1.807) is 17.0 Å². The summed E-state index contributed by atoms with van der Waals surface area (Å²) in [5.74, 6) is 0.0720. The number of amides is 1. The third kappa shape index (κ3) is 2.94. The highest BCUT2D eigenvalue weighted by molar-refractivity contribution is 6.01. The predicted octanol–water partition coefficient (Wildman–Crippen LogP) is 3.40. The largest absolute Gasteiger partial charge is 0.371 e. The number of nitriles is 1. The van der Waals surface area contributed by atoms with Gasteiger partial charge in [0.2, 0.25) is 5.91 Å². The number of carbonyl (C=O) groups excluding carboxylic acids is 1. The van der Waals surface area contributed by atoms with Crippen LogP contribution in [0, 0.1) is 18.3 Å². The van der Waals surface area contributed by atoms with E-state index in [1.807, 2.05) is 18.3 Å². The molecule has 2 heterocycles. The monoisotopic (exact) mass is 349 g/mol. The number of hydrogen-bond donors (Lipinski definition) is 1. The Hall–Kier alpha value is -2.81. The van der Waals surface area contributed by atoms with Crippen LogP contribution >= 0.6 is 0 Å². The molecule has 4 rings (SSSR count). The molecule has 134 valence electrons. The summed E-state index contributed by atoms with van der Waals surface area (Å²) in [5, 5.41) is 16.9. The van der Waals surface area contributed by atoms with Gasteiger partial charge in [-0.05, 0) is 50.5 Å². The molecular formula is C20H23N5O. The molecule has 0 spiro atoms. The highest BCUT2D eigenvalue weighted by atomic mass is 16.2. The molecule has 2 aliphatic rings. The molecule has 0 unspecified atom stereocenters. The molecule has 1 aliphatic heterocycles. The highest BCUT2D eigenvalue weighted by Crippen LogP contribution is 2.32. The minimum absolute atomic E-state index is 0.0720. The summed E-state index contributed by atoms with van der Waals surface area (Å²) in [7, 11) is 0. The zero-order valence-corrected chi connectivity index (χ0v) is 15.0. The minimum atomic E-state index is -0.231. The Balaban J connectivity index is 1.46. The second-order valence-corrected chi connectivity index (χ2v) is 7.16. The Morgan fingerprint density at radius 3 is 2.62 bits per heavy atom. The SMILES string of the molecule is Cc1c(N[C@H]2CCN(c3ccc(C#N)cc3)C2=O)cnn1C1CCCC1. The van der Waals surface area contributed by atoms with Crippen LogP contribution in [0.5, 0.6) is 0 Å². The number of carbonyl (C=O) groups is 1. The van der Waals surface area contributed by atoms with Gasteiger partial charge in [0, 0.05) is 12.2 Å². The van der Waals surface area contributed by atoms with Crippen LogP contribution in [0.2, 0.25) is 0 Å². The number of rotatable bonds is 4. The van der Waals surface area contributed by atoms with E-state index in [-0.39, 0.29) is 11.9 Å². The summed E-state index contributed by atoms with van der Waals surface area (Å²) in [5.41, 5.74) is 3.51. The maximum atomic E-state index is 12.8. The minimum Gasteiger partial charge on any atom is -0.371 e. The molecule has 1 aliphatic carbocycles. The molecule has 1 saturated heterocycles. The quantitative estimate of drug-likeness (QED) is 0.918. The van der Waals surface area contributed by atoms with E-state index in [0.29, 0.717) is 18.2 Å². The zero-order chi connectivity index (χ0) is 18.1. The first-order valence-electron chi connectivity index (χ1n) is 9.29. The molecule has 0 bridgehead atoms. The number of nitrogens with zero attached hydrogens (tertiary/aromatic N) is 4. The third-order valence-electron chi connectivity index (χ3n) is 5.56. The maximum Gasteiger partial charge on any atom is 0.249 e. The lowest BCUT2D eigenvalue weighted by molar-refractivity contribution is -0.117. The molecule has 2 aromatic rings. The van der Waals surface area contributed by atoms with E-state index in [9.17, 15) is 4.79 Å². The number of nitrogens with one attached hydrogen (secondary N) is 1. The van der Waals surface area contributed by atoms with Crippen LogP contribution in [0.1, 0.15) is 49.4 Å². The van der Waals surface area contributed by atoms with Gasteiger partial charge in [-0.25, -0.2) is 0 Å². The fourth-order valence-corrected chi connectivity index (χ4v) is 4.06. The van der Waals surface area contributed by atoms with Gasteiger partial charge in [0.15, 0.2) is 0 Å². The van der Waals surface area contributed by atoms with Crippen molar-refractivity contribution in [3.63, 3.8) is 0 Å². The number of aromatic nitrogens is 2. The van der Waals surface area contributed by atoms with Crippen LogP contribution in [-0.2, 0) is 4.79 Å². The lowest BCUT2D eigenvalue weighted by Gasteiger charge is -2.18. The van der Waals surface area contributed by atoms with Crippen LogP contribution in [0.25, 0.3) is 0 Å². The van der Waals surface area contributed by atoms with Gasteiger partial charge in [-0.2, -0.15) is 10.4 Å². The van der Waals surface area contributed by atoms with Crippen molar-refractivity contribution in [3.8, 4) is 6.07 Å². The first-order chi connectivity index (χ1) is 12.7. The topological polar surface area (TPSA) is 74.0 Å². The van der Waals surface area contributed by atoms with E-state index < -0.39 is 0 Å². The van der Waals surface area contributed by atoms with E-state index in [4.69, 9.17) is 5.26 Å². The summed E-state index contributed by atoms with van der Waals surface area (Å²) in [6, 6.07) is 9.54. The lowest BCUT2D eigenvalue weighted by atomic mass is 10.2. The van der Waals surface area contributed by atoms with E-state index >= 15 is 0 Å². The molecule has 1 aromatic heterocycles. The van der Waals surface area contributed by atoms with Gasteiger partial charge < -0.3 is 10.2 Å². The van der Waals surface area contributed by atoms with Gasteiger partial charge in [0.1, 0.15) is 6.04 Å². The van der Waals surface area contributed by atoms with Crippen molar-refractivity contribution in [2.24, 2.45) is 0 Å². The molecule has 1 amide bonds. The van der Waals surface area contributed by atoms with E-state index in [0.717, 1.165) is 23.5 Å². The number of anilines is 2. The van der Waals surface area contributed by atoms with E-state index in [1.165, 1.54) is 25.7 Å². The second kappa shape index (κ2) is 6.83. The Bertz CT molecular complexity index is 842. The number of benzene rings is 1. The van der Waals surface area contributed by atoms with Crippen LogP contribution in [0.4, 0.5) is 11.4 Å².